The summed E-state index contributed by atoms with van der Waals surface area (Å²) in [6.45, 7) is 19.5. The van der Waals surface area contributed by atoms with Gasteiger partial charge >= 0.3 is 0 Å². The van der Waals surface area contributed by atoms with Crippen LogP contribution in [0.5, 0.6) is 0 Å². The Bertz CT molecular complexity index is 292. The summed E-state index contributed by atoms with van der Waals surface area (Å²) in [5.74, 6) is 0. The number of hydrogen-bond donors (Lipinski definition) is 0. The number of aliphatic imine (C=N–C) groups is 1. The van der Waals surface area contributed by atoms with Gasteiger partial charge in [0, 0.05) is 11.0 Å². The van der Waals surface area contributed by atoms with Crippen molar-refractivity contribution >= 4 is 22.4 Å². The number of hydrogen-bond acceptors (Lipinski definition) is 1. The van der Waals surface area contributed by atoms with Crippen LogP contribution in [0.2, 0.25) is 39.3 Å². The van der Waals surface area contributed by atoms with Gasteiger partial charge in [0.1, 0.15) is 0 Å². The molecular weight excluding hydrogens is 262 g/mol. The topological polar surface area (TPSA) is 12.4 Å². The minimum Gasteiger partial charge on any atom is -0.293 e. The van der Waals surface area contributed by atoms with Crippen molar-refractivity contribution in [1.29, 1.82) is 0 Å². The summed E-state index contributed by atoms with van der Waals surface area (Å²) >= 11 is 0. The predicted molar refractivity (Wildman–Crippen MR) is 96.9 cm³/mol. The first-order valence-electron chi connectivity index (χ1n) is 7.82. The summed E-state index contributed by atoms with van der Waals surface area (Å²) < 4.78 is 0. The lowest BCUT2D eigenvalue weighted by Crippen LogP contribution is -2.65. The molecule has 0 aromatic rings. The third kappa shape index (κ3) is 5.03. The fourth-order valence-corrected chi connectivity index (χ4v) is 14.9. The first-order valence-corrected chi connectivity index (χ1v) is 14.8. The second-order valence-electron chi connectivity index (χ2n) is 7.58. The highest BCUT2D eigenvalue weighted by Crippen LogP contribution is 2.39. The molecule has 0 unspecified atom stereocenters. The molecule has 0 spiro atoms. The first-order chi connectivity index (χ1) is 8.62. The fourth-order valence-electron chi connectivity index (χ4n) is 3.13. The molecule has 0 aromatic heterocycles. The molecule has 0 radical (unpaired) electrons. The largest absolute Gasteiger partial charge is 0.293 e. The van der Waals surface area contributed by atoms with E-state index in [1.54, 1.807) is 0 Å². The summed E-state index contributed by atoms with van der Waals surface area (Å²) in [6, 6.07) is 0. The first kappa shape index (κ1) is 18.8. The molecule has 0 heterocycles. The van der Waals surface area contributed by atoms with Gasteiger partial charge in [0.05, 0.1) is 16.1 Å². The summed E-state index contributed by atoms with van der Waals surface area (Å²) in [5, 5.41) is 0. The summed E-state index contributed by atoms with van der Waals surface area (Å²) in [5.41, 5.74) is 0. The van der Waals surface area contributed by atoms with E-state index in [1.165, 1.54) is 19.3 Å². The quantitative estimate of drug-likeness (QED) is 0.402. The van der Waals surface area contributed by atoms with Gasteiger partial charge in [-0.05, 0) is 18.9 Å². The van der Waals surface area contributed by atoms with Gasteiger partial charge in [-0.15, -0.1) is 0 Å². The van der Waals surface area contributed by atoms with E-state index < -0.39 is 16.1 Å². The maximum atomic E-state index is 5.18. The molecule has 3 heteroatoms. The highest BCUT2D eigenvalue weighted by molar-refractivity contribution is 6.99. The molecule has 0 rings (SSSR count). The molecule has 19 heavy (non-hydrogen) atoms. The Morgan fingerprint density at radius 1 is 0.947 bits per heavy atom. The minimum atomic E-state index is -1.34. The van der Waals surface area contributed by atoms with E-state index in [9.17, 15) is 0 Å². The van der Waals surface area contributed by atoms with Crippen LogP contribution in [0.25, 0.3) is 0 Å². The lowest BCUT2D eigenvalue weighted by molar-refractivity contribution is 0.617. The third-order valence-electron chi connectivity index (χ3n) is 4.13. The van der Waals surface area contributed by atoms with Crippen LogP contribution in [-0.2, 0) is 0 Å². The van der Waals surface area contributed by atoms with Crippen molar-refractivity contribution in [1.82, 2.24) is 0 Å². The molecule has 0 amide bonds. The maximum Gasteiger partial charge on any atom is 0.0731 e. The Hall–Kier alpha value is -0.156. The zero-order valence-electron chi connectivity index (χ0n) is 14.5. The smallest absolute Gasteiger partial charge is 0.0731 e. The molecule has 0 aliphatic carbocycles. The predicted octanol–water partition coefficient (Wildman–Crippen LogP) is 5.71. The molecule has 0 atom stereocenters. The van der Waals surface area contributed by atoms with Crippen LogP contribution in [0.4, 0.5) is 0 Å². The molecule has 0 saturated heterocycles. The van der Waals surface area contributed by atoms with Gasteiger partial charge in [-0.25, -0.2) is 0 Å². The summed E-state index contributed by atoms with van der Waals surface area (Å²) in [7, 11) is -2.68. The van der Waals surface area contributed by atoms with Gasteiger partial charge in [-0.2, -0.15) is 0 Å². The molecule has 0 saturated carbocycles. The van der Waals surface area contributed by atoms with Gasteiger partial charge in [0.25, 0.3) is 0 Å². The molecule has 0 aliphatic heterocycles. The summed E-state index contributed by atoms with van der Waals surface area (Å²) in [6.07, 6.45) is 11.4. The van der Waals surface area contributed by atoms with Crippen molar-refractivity contribution in [2.24, 2.45) is 4.99 Å². The van der Waals surface area contributed by atoms with Gasteiger partial charge in [-0.3, -0.25) is 4.99 Å². The Labute approximate surface area is 123 Å². The normalized spacial score (nSPS) is 14.7. The van der Waals surface area contributed by atoms with Crippen molar-refractivity contribution in [2.45, 2.75) is 83.6 Å². The Morgan fingerprint density at radius 2 is 1.47 bits per heavy atom. The maximum absolute atomic E-state index is 5.18. The third-order valence-corrected chi connectivity index (χ3v) is 14.3. The van der Waals surface area contributed by atoms with Crippen LogP contribution in [0.15, 0.2) is 17.1 Å². The van der Waals surface area contributed by atoms with E-state index in [-0.39, 0.29) is 4.79 Å². The molecule has 1 nitrogen and oxygen atoms in total. The van der Waals surface area contributed by atoms with Crippen LogP contribution < -0.4 is 0 Å². The molecule has 0 aliphatic rings. The van der Waals surface area contributed by atoms with Crippen molar-refractivity contribution in [3.8, 4) is 0 Å². The van der Waals surface area contributed by atoms with E-state index in [0.29, 0.717) is 0 Å². The van der Waals surface area contributed by atoms with Gasteiger partial charge in [0.15, 0.2) is 0 Å². The zero-order valence-corrected chi connectivity index (χ0v) is 16.5. The second-order valence-corrected chi connectivity index (χ2v) is 18.7. The van der Waals surface area contributed by atoms with Crippen molar-refractivity contribution in [2.75, 3.05) is 0 Å². The van der Waals surface area contributed by atoms with Gasteiger partial charge < -0.3 is 0 Å². The number of nitrogens with zero attached hydrogens (tertiary/aromatic N) is 1. The van der Waals surface area contributed by atoms with Crippen molar-refractivity contribution < 1.29 is 0 Å². The zero-order chi connectivity index (χ0) is 15.2. The van der Waals surface area contributed by atoms with E-state index >= 15 is 0 Å². The molecular formula is C16H35NSi2. The van der Waals surface area contributed by atoms with Crippen LogP contribution >= 0.6 is 0 Å². The lowest BCUT2D eigenvalue weighted by Gasteiger charge is -2.49. The highest BCUT2D eigenvalue weighted by atomic mass is 28.4. The van der Waals surface area contributed by atoms with E-state index in [2.05, 4.69) is 71.5 Å². The van der Waals surface area contributed by atoms with Crippen LogP contribution in [-0.4, -0.2) is 27.1 Å². The number of allylic oxidation sites excluding steroid dienone is 2. The highest BCUT2D eigenvalue weighted by Gasteiger charge is 2.51. The van der Waals surface area contributed by atoms with E-state index in [0.717, 1.165) is 6.42 Å². The van der Waals surface area contributed by atoms with Gasteiger partial charge in [-0.1, -0.05) is 72.0 Å². The van der Waals surface area contributed by atoms with E-state index in [1.807, 2.05) is 0 Å². The van der Waals surface area contributed by atoms with Crippen molar-refractivity contribution in [3.63, 3.8) is 0 Å². The van der Waals surface area contributed by atoms with Gasteiger partial charge in [0.2, 0.25) is 0 Å². The minimum absolute atomic E-state index is 0.272. The van der Waals surface area contributed by atoms with Crippen LogP contribution in [0.3, 0.4) is 0 Å². The lowest BCUT2D eigenvalue weighted by atomic mass is 10.2. The SMILES string of the molecule is CC/C=C/C=N/C(CCCC)([Si](C)(C)C)[Si](C)(C)C. The van der Waals surface area contributed by atoms with Crippen LogP contribution in [0, 0.1) is 0 Å². The second kappa shape index (κ2) is 7.58. The number of unbranched alkanes of at least 4 members (excludes halogenated alkanes) is 1. The molecule has 0 N–H and O–H groups in total. The fraction of sp³-hybridized carbons (Fsp3) is 0.812. The summed E-state index contributed by atoms with van der Waals surface area (Å²) in [4.78, 5) is 5.46. The molecule has 0 bridgehead atoms. The van der Waals surface area contributed by atoms with E-state index in [4.69, 9.17) is 4.99 Å². The van der Waals surface area contributed by atoms with Crippen LogP contribution in [0.1, 0.15) is 39.5 Å². The molecule has 0 aromatic carbocycles. The average Bonchev–Trinajstić information content (AvgIpc) is 2.24. The standard InChI is InChI=1S/C16H35NSi2/c1-9-11-13-15-17-16(14-12-10-2,18(3,4)5)19(6,7)8/h11,13,15H,9-10,12,14H2,1-8H3/b13-11+,17-15+. The Morgan fingerprint density at radius 3 is 1.84 bits per heavy atom. The monoisotopic (exact) mass is 297 g/mol. The molecule has 0 fully saturated rings. The average molecular weight is 298 g/mol. The Balaban J connectivity index is 5.51. The van der Waals surface area contributed by atoms with Crippen molar-refractivity contribution in [3.05, 3.63) is 12.2 Å². The number of rotatable bonds is 8. The Kier molecular flexibility index (Phi) is 7.52. The molecule has 112 valence electrons.